The average molecular weight is 1020 g/mol. The molecule has 0 spiro atoms. The first-order valence-electron chi connectivity index (χ1n) is 27.0. The molecule has 20 aromatic rings. The second kappa shape index (κ2) is 14.5. The van der Waals surface area contributed by atoms with Crippen LogP contribution in [0, 0.1) is 0 Å². The van der Waals surface area contributed by atoms with Gasteiger partial charge in [0.15, 0.2) is 0 Å². The molecule has 0 fully saturated rings. The molecule has 8 aromatic heterocycles. The SMILES string of the molecule is c1ccc2c(c1)oc1c2ccc2c1c1ccccc1n2-c1ccc2oc3c(ccc4c3c3ccccc3n4-c3ccc4oc5c(ccc6oc7ccc(-n8c9ccccc9c9c%10oc%11ccccc%11c%10ccc98)cc7c65)c4c3)c2c1. The fourth-order valence-corrected chi connectivity index (χ4v) is 14.1. The van der Waals surface area contributed by atoms with Crippen molar-refractivity contribution >= 4 is 175 Å². The summed E-state index contributed by atoms with van der Waals surface area (Å²) in [5, 5.41) is 17.3. The maximum atomic E-state index is 6.98. The molecule has 8 heteroatoms. The third-order valence-corrected chi connectivity index (χ3v) is 17.4. The lowest BCUT2D eigenvalue weighted by Gasteiger charge is -2.08. The Kier molecular flexibility index (Phi) is 7.49. The Bertz CT molecular complexity index is 6180. The maximum Gasteiger partial charge on any atom is 0.147 e. The van der Waals surface area contributed by atoms with Gasteiger partial charge in [-0.3, -0.25) is 0 Å². The number of rotatable bonds is 3. The number of nitrogens with zero attached hydrogens (tertiary/aromatic N) is 3. The third-order valence-electron chi connectivity index (χ3n) is 17.4. The van der Waals surface area contributed by atoms with Gasteiger partial charge >= 0.3 is 0 Å². The van der Waals surface area contributed by atoms with E-state index in [9.17, 15) is 0 Å². The quantitative estimate of drug-likeness (QED) is 0.176. The van der Waals surface area contributed by atoms with Crippen LogP contribution in [-0.4, -0.2) is 13.7 Å². The molecule has 8 nitrogen and oxygen atoms in total. The molecule has 370 valence electrons. The van der Waals surface area contributed by atoms with Crippen LogP contribution in [0.4, 0.5) is 0 Å². The van der Waals surface area contributed by atoms with Crippen molar-refractivity contribution in [1.29, 1.82) is 0 Å². The van der Waals surface area contributed by atoms with Gasteiger partial charge in [-0.2, -0.15) is 0 Å². The Labute approximate surface area is 450 Å². The number of para-hydroxylation sites is 5. The summed E-state index contributed by atoms with van der Waals surface area (Å²) in [6.07, 6.45) is 0. The van der Waals surface area contributed by atoms with Gasteiger partial charge in [-0.05, 0) is 133 Å². The second-order valence-electron chi connectivity index (χ2n) is 21.4. The van der Waals surface area contributed by atoms with Crippen molar-refractivity contribution in [3.05, 3.63) is 224 Å². The van der Waals surface area contributed by atoms with Gasteiger partial charge in [0.25, 0.3) is 0 Å². The molecule has 0 atom stereocenters. The van der Waals surface area contributed by atoms with Gasteiger partial charge in [0.05, 0.1) is 54.6 Å². The predicted octanol–water partition coefficient (Wildman–Crippen LogP) is 20.5. The third kappa shape index (κ3) is 5.12. The van der Waals surface area contributed by atoms with Crippen LogP contribution in [0.3, 0.4) is 0 Å². The van der Waals surface area contributed by atoms with Crippen molar-refractivity contribution in [2.24, 2.45) is 0 Å². The maximum absolute atomic E-state index is 6.98. The van der Waals surface area contributed by atoms with Crippen molar-refractivity contribution in [3.8, 4) is 17.1 Å². The molecule has 0 N–H and O–H groups in total. The van der Waals surface area contributed by atoms with Crippen LogP contribution in [0.5, 0.6) is 0 Å². The van der Waals surface area contributed by atoms with Gasteiger partial charge in [-0.1, -0.05) is 91.0 Å². The summed E-state index contributed by atoms with van der Waals surface area (Å²) in [6.45, 7) is 0. The van der Waals surface area contributed by atoms with Crippen LogP contribution < -0.4 is 0 Å². The summed E-state index contributed by atoms with van der Waals surface area (Å²) in [5.74, 6) is 0. The predicted molar refractivity (Wildman–Crippen MR) is 326 cm³/mol. The molecular weight excluding hydrogens is 987 g/mol. The van der Waals surface area contributed by atoms with Gasteiger partial charge < -0.3 is 35.8 Å². The summed E-state index contributed by atoms with van der Waals surface area (Å²) in [4.78, 5) is 0. The van der Waals surface area contributed by atoms with E-state index in [1.807, 2.05) is 18.2 Å². The number of furan rings is 5. The van der Waals surface area contributed by atoms with E-state index >= 15 is 0 Å². The van der Waals surface area contributed by atoms with Crippen molar-refractivity contribution in [2.45, 2.75) is 0 Å². The first-order valence-corrected chi connectivity index (χ1v) is 27.0. The van der Waals surface area contributed by atoms with Gasteiger partial charge in [-0.15, -0.1) is 0 Å². The van der Waals surface area contributed by atoms with Gasteiger partial charge in [-0.25, -0.2) is 0 Å². The van der Waals surface area contributed by atoms with E-state index < -0.39 is 0 Å². The van der Waals surface area contributed by atoms with Crippen LogP contribution in [-0.2, 0) is 0 Å². The average Bonchev–Trinajstić information content (AvgIpc) is 4.29. The molecular formula is C72H37N3O5. The summed E-state index contributed by atoms with van der Waals surface area (Å²) < 4.78 is 40.8. The van der Waals surface area contributed by atoms with E-state index in [1.165, 1.54) is 0 Å². The number of aromatic nitrogens is 3. The minimum atomic E-state index is 0.777. The summed E-state index contributed by atoms with van der Waals surface area (Å²) in [5.41, 5.74) is 18.1. The monoisotopic (exact) mass is 1020 g/mol. The Hall–Kier alpha value is -11.0. The lowest BCUT2D eigenvalue weighted by atomic mass is 10.1. The molecule has 12 aromatic carbocycles. The van der Waals surface area contributed by atoms with Crippen LogP contribution in [0.1, 0.15) is 0 Å². The number of hydrogen-bond donors (Lipinski definition) is 0. The first kappa shape index (κ1) is 41.2. The lowest BCUT2D eigenvalue weighted by Crippen LogP contribution is -1.93. The summed E-state index contributed by atoms with van der Waals surface area (Å²) in [7, 11) is 0. The number of hydrogen-bond acceptors (Lipinski definition) is 5. The summed E-state index contributed by atoms with van der Waals surface area (Å²) in [6, 6.07) is 79.6. The molecule has 0 radical (unpaired) electrons. The minimum absolute atomic E-state index is 0.777. The highest BCUT2D eigenvalue weighted by atomic mass is 16.4. The Balaban J connectivity index is 0.747. The molecule has 0 aliphatic rings. The van der Waals surface area contributed by atoms with E-state index in [2.05, 4.69) is 220 Å². The standard InChI is InChI=1S/C72H37N3O5/c1-6-16-53-47(13-1)65-56(28-24-43-41-11-4-9-19-59(41)77-69(43)65)73(53)38-21-31-61-50(35-38)45-26-30-58-67(71(45)79-61)49-15-3-7-17-54(49)74(58)39-22-32-62-51(36-39)46-27-34-64-68(72(46)80-62)52-37-40(23-33-63(52)76-64)75-55-18-8-2-14-48(55)66-57(75)29-25-44-42-12-5-10-20-60(42)78-70(44)66/h1-37H. The topological polar surface area (TPSA) is 80.5 Å². The number of fused-ring (bicyclic) bond motifs is 28. The molecule has 0 bridgehead atoms. The smallest absolute Gasteiger partial charge is 0.147 e. The van der Waals surface area contributed by atoms with E-state index in [1.54, 1.807) is 0 Å². The fraction of sp³-hybridized carbons (Fsp3) is 0. The van der Waals surface area contributed by atoms with Crippen LogP contribution in [0.2, 0.25) is 0 Å². The molecule has 8 heterocycles. The molecule has 0 saturated carbocycles. The molecule has 0 unspecified atom stereocenters. The van der Waals surface area contributed by atoms with E-state index in [0.29, 0.717) is 0 Å². The lowest BCUT2D eigenvalue weighted by molar-refractivity contribution is 0.662. The Morgan fingerprint density at radius 1 is 0.188 bits per heavy atom. The van der Waals surface area contributed by atoms with Gasteiger partial charge in [0.1, 0.15) is 55.8 Å². The highest BCUT2D eigenvalue weighted by Crippen LogP contribution is 2.47. The van der Waals surface area contributed by atoms with Crippen LogP contribution in [0.15, 0.2) is 247 Å². The molecule has 0 aliphatic heterocycles. The molecule has 80 heavy (non-hydrogen) atoms. The zero-order valence-corrected chi connectivity index (χ0v) is 42.2. The van der Waals surface area contributed by atoms with Gasteiger partial charge in [0, 0.05) is 81.7 Å². The zero-order chi connectivity index (χ0) is 51.6. The second-order valence-corrected chi connectivity index (χ2v) is 21.4. The molecule has 0 amide bonds. The molecule has 20 rings (SSSR count). The number of benzene rings is 12. The molecule has 0 aliphatic carbocycles. The Morgan fingerprint density at radius 3 is 0.938 bits per heavy atom. The van der Waals surface area contributed by atoms with E-state index in [-0.39, 0.29) is 0 Å². The molecule has 0 saturated heterocycles. The van der Waals surface area contributed by atoms with E-state index in [4.69, 9.17) is 22.1 Å². The van der Waals surface area contributed by atoms with Crippen molar-refractivity contribution in [2.75, 3.05) is 0 Å². The zero-order valence-electron chi connectivity index (χ0n) is 42.2. The van der Waals surface area contributed by atoms with Gasteiger partial charge in [0.2, 0.25) is 0 Å². The minimum Gasteiger partial charge on any atom is -0.456 e. The van der Waals surface area contributed by atoms with E-state index in [0.717, 1.165) is 192 Å². The highest BCUT2D eigenvalue weighted by molar-refractivity contribution is 6.28. The van der Waals surface area contributed by atoms with Crippen LogP contribution >= 0.6 is 0 Å². The summed E-state index contributed by atoms with van der Waals surface area (Å²) >= 11 is 0. The van der Waals surface area contributed by atoms with Crippen molar-refractivity contribution < 1.29 is 22.1 Å². The largest absolute Gasteiger partial charge is 0.456 e. The van der Waals surface area contributed by atoms with Crippen molar-refractivity contribution in [3.63, 3.8) is 0 Å². The Morgan fingerprint density at radius 2 is 0.500 bits per heavy atom. The highest BCUT2D eigenvalue weighted by Gasteiger charge is 2.25. The van der Waals surface area contributed by atoms with Crippen molar-refractivity contribution in [1.82, 2.24) is 13.7 Å². The fourth-order valence-electron chi connectivity index (χ4n) is 14.1. The first-order chi connectivity index (χ1) is 39.7. The normalized spacial score (nSPS) is 12.8. The van der Waals surface area contributed by atoms with Crippen LogP contribution in [0.25, 0.3) is 192 Å².